The van der Waals surface area contributed by atoms with Gasteiger partial charge in [-0.15, -0.1) is 0 Å². The minimum atomic E-state index is -0.784. The molecular weight excluding hydrogens is 1270 g/mol. The van der Waals surface area contributed by atoms with Crippen molar-refractivity contribution < 1.29 is 4.74 Å². The van der Waals surface area contributed by atoms with Gasteiger partial charge in [-0.05, 0) is 197 Å². The van der Waals surface area contributed by atoms with E-state index in [1.807, 2.05) is 0 Å². The Labute approximate surface area is 607 Å². The molecule has 0 bridgehead atoms. The fourth-order valence-electron chi connectivity index (χ4n) is 15.6. The van der Waals surface area contributed by atoms with Crippen molar-refractivity contribution in [2.75, 3.05) is 29.4 Å². The second-order valence-corrected chi connectivity index (χ2v) is 26.1. The molecule has 0 amide bonds. The number of rotatable bonds is 18. The average molecular weight is 1340 g/mol. The highest BCUT2D eigenvalue weighted by atomic mass is 16.5. The number of nitrogens with zero attached hydrogens (tertiary/aromatic N) is 6. The van der Waals surface area contributed by atoms with Crippen LogP contribution in [0, 0.1) is 0 Å². The Morgan fingerprint density at radius 3 is 0.769 bits per heavy atom. The van der Waals surface area contributed by atoms with Gasteiger partial charge < -0.3 is 34.1 Å². The third-order valence-corrected chi connectivity index (χ3v) is 19.9. The highest BCUT2D eigenvalue weighted by Gasteiger charge is 2.52. The van der Waals surface area contributed by atoms with Gasteiger partial charge in [0.25, 0.3) is 0 Å². The molecule has 0 saturated heterocycles. The number of fused-ring (bicyclic) bond motifs is 9. The van der Waals surface area contributed by atoms with E-state index in [4.69, 9.17) is 4.74 Å². The van der Waals surface area contributed by atoms with Gasteiger partial charge in [0.15, 0.2) is 0 Å². The van der Waals surface area contributed by atoms with Crippen LogP contribution in [0.25, 0.3) is 11.1 Å². The van der Waals surface area contributed by atoms with Crippen LogP contribution in [0.15, 0.2) is 425 Å². The number of anilines is 18. The van der Waals surface area contributed by atoms with Crippen LogP contribution in [0.5, 0.6) is 11.5 Å². The van der Waals surface area contributed by atoms with Crippen molar-refractivity contribution in [2.24, 2.45) is 0 Å². The highest BCUT2D eigenvalue weighted by molar-refractivity contribution is 5.99. The molecular formula is C97H70N6O. The lowest BCUT2D eigenvalue weighted by Gasteiger charge is -2.45. The molecule has 2 aliphatic rings. The Balaban J connectivity index is 0.874. The summed E-state index contributed by atoms with van der Waals surface area (Å²) in [5.41, 5.74) is 24.3. The first-order valence-electron chi connectivity index (χ1n) is 35.4. The first-order valence-corrected chi connectivity index (χ1v) is 35.4. The molecule has 104 heavy (non-hydrogen) atoms. The quantitative estimate of drug-likeness (QED) is 0.0845. The minimum absolute atomic E-state index is 0.665. The summed E-state index contributed by atoms with van der Waals surface area (Å²) in [6, 6.07) is 153. The van der Waals surface area contributed by atoms with E-state index in [2.05, 4.69) is 454 Å². The Bertz CT molecular complexity index is 5260. The third kappa shape index (κ3) is 11.4. The molecule has 18 rings (SSSR count). The van der Waals surface area contributed by atoms with E-state index in [-0.39, 0.29) is 0 Å². The van der Waals surface area contributed by atoms with Gasteiger partial charge in [0.2, 0.25) is 0 Å². The molecule has 0 N–H and O–H groups in total. The number of ether oxygens (including phenoxy) is 1. The Morgan fingerprint density at radius 2 is 0.442 bits per heavy atom. The maximum atomic E-state index is 7.60. The van der Waals surface area contributed by atoms with Crippen LogP contribution in [-0.2, 0) is 5.41 Å². The second-order valence-electron chi connectivity index (χ2n) is 26.1. The number of hydrogen-bond acceptors (Lipinski definition) is 7. The summed E-state index contributed by atoms with van der Waals surface area (Å²) >= 11 is 0. The van der Waals surface area contributed by atoms with Crippen molar-refractivity contribution in [1.29, 1.82) is 0 Å². The molecule has 7 nitrogen and oxygen atoms in total. The van der Waals surface area contributed by atoms with Crippen molar-refractivity contribution in [1.82, 2.24) is 0 Å². The molecule has 1 aliphatic heterocycles. The molecule has 0 saturated carbocycles. The Hall–Kier alpha value is -13.9. The Morgan fingerprint density at radius 1 is 0.183 bits per heavy atom. The van der Waals surface area contributed by atoms with Crippen LogP contribution >= 0.6 is 0 Å². The van der Waals surface area contributed by atoms with Crippen molar-refractivity contribution in [3.63, 3.8) is 0 Å². The van der Waals surface area contributed by atoms with Gasteiger partial charge in [-0.1, -0.05) is 243 Å². The molecule has 0 fully saturated rings. The van der Waals surface area contributed by atoms with Crippen molar-refractivity contribution in [3.05, 3.63) is 447 Å². The first kappa shape index (κ1) is 62.4. The molecule has 494 valence electrons. The molecule has 0 atom stereocenters. The van der Waals surface area contributed by atoms with Crippen LogP contribution in [0.3, 0.4) is 0 Å². The molecule has 16 aromatic rings. The zero-order chi connectivity index (χ0) is 69.2. The molecule has 0 unspecified atom stereocenters. The summed E-state index contributed by atoms with van der Waals surface area (Å²) in [5, 5.41) is 0. The van der Waals surface area contributed by atoms with Gasteiger partial charge in [-0.2, -0.15) is 0 Å². The van der Waals surface area contributed by atoms with E-state index in [9.17, 15) is 0 Å². The van der Waals surface area contributed by atoms with Crippen LogP contribution in [0.2, 0.25) is 0 Å². The topological polar surface area (TPSA) is 28.7 Å². The minimum Gasteiger partial charge on any atom is -0.457 e. The van der Waals surface area contributed by atoms with E-state index in [1.165, 1.54) is 22.3 Å². The standard InChI is InChI=1S/C97H70N6O/c1-11-35-71(36-12-1)98(72-37-13-2-14-38-72)82-63-83(99(73-39-15-3-16-40-73)74-41-17-4-18-42-74)65-84(64-82)102(79-51-27-9-28-52-79)81-59-61-93-95(69-81)103(80-53-29-10-30-54-80)96-70-87(60-62-94(96)97(93)91-57-33-31-55-89(91)90-56-32-34-58-92(90)97)104-88-67-85(100(75-43-19-5-20-44-75)76-45-21-6-22-46-76)66-86(68-88)101(77-47-23-7-24-48-77)78-49-25-8-26-50-78/h1-70H. The summed E-state index contributed by atoms with van der Waals surface area (Å²) in [6.45, 7) is 0. The van der Waals surface area contributed by atoms with E-state index >= 15 is 0 Å². The zero-order valence-electron chi connectivity index (χ0n) is 57.0. The average Bonchev–Trinajstić information content (AvgIpc) is 1.21. The molecule has 1 aliphatic carbocycles. The molecule has 0 aromatic heterocycles. The second kappa shape index (κ2) is 27.3. The number of para-hydroxylation sites is 10. The summed E-state index contributed by atoms with van der Waals surface area (Å²) in [5.74, 6) is 1.34. The lowest BCUT2D eigenvalue weighted by Crippen LogP contribution is -2.36. The van der Waals surface area contributed by atoms with Gasteiger partial charge in [-0.3, -0.25) is 0 Å². The van der Waals surface area contributed by atoms with Crippen LogP contribution in [-0.4, -0.2) is 0 Å². The van der Waals surface area contributed by atoms with Gasteiger partial charge >= 0.3 is 0 Å². The highest BCUT2D eigenvalue weighted by Crippen LogP contribution is 2.65. The van der Waals surface area contributed by atoms with Crippen LogP contribution < -0.4 is 34.1 Å². The molecule has 16 aromatic carbocycles. The normalized spacial score (nSPS) is 12.1. The summed E-state index contributed by atoms with van der Waals surface area (Å²) in [6.07, 6.45) is 0. The fourth-order valence-corrected chi connectivity index (χ4v) is 15.6. The smallest absolute Gasteiger partial charge is 0.131 e. The molecule has 1 spiro atoms. The van der Waals surface area contributed by atoms with Gasteiger partial charge in [-0.25, -0.2) is 0 Å². The van der Waals surface area contributed by atoms with Crippen molar-refractivity contribution in [2.45, 2.75) is 5.41 Å². The Kier molecular flexibility index (Phi) is 16.4. The molecule has 0 radical (unpaired) electrons. The molecule has 1 heterocycles. The summed E-state index contributed by atoms with van der Waals surface area (Å²) in [4.78, 5) is 14.3. The van der Waals surface area contributed by atoms with E-state index in [0.717, 1.165) is 113 Å². The number of hydrogen-bond donors (Lipinski definition) is 0. The van der Waals surface area contributed by atoms with E-state index < -0.39 is 5.41 Å². The van der Waals surface area contributed by atoms with Crippen molar-refractivity contribution >= 4 is 102 Å². The lowest BCUT2D eigenvalue weighted by atomic mass is 9.64. The monoisotopic (exact) mass is 1330 g/mol. The van der Waals surface area contributed by atoms with Crippen molar-refractivity contribution in [3.8, 4) is 22.6 Å². The maximum Gasteiger partial charge on any atom is 0.131 e. The van der Waals surface area contributed by atoms with E-state index in [0.29, 0.717) is 11.5 Å². The van der Waals surface area contributed by atoms with Gasteiger partial charge in [0, 0.05) is 80.8 Å². The predicted octanol–water partition coefficient (Wildman–Crippen LogP) is 27.0. The van der Waals surface area contributed by atoms with E-state index in [1.54, 1.807) is 0 Å². The first-order chi connectivity index (χ1) is 51.6. The third-order valence-electron chi connectivity index (χ3n) is 19.9. The van der Waals surface area contributed by atoms with Gasteiger partial charge in [0.05, 0.1) is 45.2 Å². The summed E-state index contributed by atoms with van der Waals surface area (Å²) < 4.78 is 7.60. The fraction of sp³-hybridized carbons (Fsp3) is 0.0103. The predicted molar refractivity (Wildman–Crippen MR) is 432 cm³/mol. The maximum absolute atomic E-state index is 7.60. The van der Waals surface area contributed by atoms with Crippen LogP contribution in [0.1, 0.15) is 22.3 Å². The largest absolute Gasteiger partial charge is 0.457 e. The van der Waals surface area contributed by atoms with Gasteiger partial charge in [0.1, 0.15) is 11.5 Å². The molecule has 7 heteroatoms. The number of benzene rings is 16. The lowest BCUT2D eigenvalue weighted by molar-refractivity contribution is 0.482. The van der Waals surface area contributed by atoms with Crippen LogP contribution in [0.4, 0.5) is 102 Å². The summed E-state index contributed by atoms with van der Waals surface area (Å²) in [7, 11) is 0. The zero-order valence-corrected chi connectivity index (χ0v) is 57.0. The SMILES string of the molecule is c1ccc(N(c2ccccc2)c2cc(Oc3ccc4c(c3)N(c3ccccc3)c3cc(N(c5ccccc5)c5cc(N(c6ccccc6)c6ccccc6)cc(N(c6ccccc6)c6ccccc6)c5)ccc3C43c4ccccc4-c4ccccc43)cc(N(c3ccccc3)c3ccccc3)c2)cc1.